The molecule has 1 aliphatic carbocycles. The van der Waals surface area contributed by atoms with Crippen LogP contribution in [0.15, 0.2) is 29.3 Å². The Labute approximate surface area is 139 Å². The van der Waals surface area contributed by atoms with Gasteiger partial charge in [0.15, 0.2) is 5.96 Å². The third-order valence-electron chi connectivity index (χ3n) is 4.11. The van der Waals surface area contributed by atoms with E-state index in [0.717, 1.165) is 18.3 Å². The van der Waals surface area contributed by atoms with Crippen molar-refractivity contribution in [2.75, 3.05) is 27.4 Å². The van der Waals surface area contributed by atoms with E-state index in [4.69, 9.17) is 9.47 Å². The summed E-state index contributed by atoms with van der Waals surface area (Å²) in [6.07, 6.45) is 6.49. The van der Waals surface area contributed by atoms with Crippen LogP contribution in [0.1, 0.15) is 37.7 Å². The number of nitrogens with one attached hydrogen (secondary N) is 2. The Morgan fingerprint density at radius 3 is 2.52 bits per heavy atom. The second kappa shape index (κ2) is 10.1. The fraction of sp³-hybridized carbons (Fsp3) is 0.611. The average Bonchev–Trinajstić information content (AvgIpc) is 2.61. The SMILES string of the molecule is CN=C(NCc1ccc(OCCOC)cc1)NC1CCCCC1. The molecular formula is C18H29N3O2. The maximum Gasteiger partial charge on any atom is 0.191 e. The lowest BCUT2D eigenvalue weighted by molar-refractivity contribution is 0.146. The lowest BCUT2D eigenvalue weighted by atomic mass is 9.96. The van der Waals surface area contributed by atoms with Gasteiger partial charge in [-0.3, -0.25) is 4.99 Å². The van der Waals surface area contributed by atoms with Gasteiger partial charge in [-0.15, -0.1) is 0 Å². The number of aliphatic imine (C=N–C) groups is 1. The van der Waals surface area contributed by atoms with Crippen molar-refractivity contribution < 1.29 is 9.47 Å². The molecule has 0 amide bonds. The zero-order valence-corrected chi connectivity index (χ0v) is 14.3. The van der Waals surface area contributed by atoms with Gasteiger partial charge in [-0.2, -0.15) is 0 Å². The molecule has 23 heavy (non-hydrogen) atoms. The molecule has 1 aromatic rings. The zero-order valence-electron chi connectivity index (χ0n) is 14.3. The molecule has 0 unspecified atom stereocenters. The van der Waals surface area contributed by atoms with Crippen molar-refractivity contribution in [1.82, 2.24) is 10.6 Å². The topological polar surface area (TPSA) is 54.9 Å². The van der Waals surface area contributed by atoms with Crippen LogP contribution in [-0.4, -0.2) is 39.4 Å². The summed E-state index contributed by atoms with van der Waals surface area (Å²) in [5, 5.41) is 6.90. The van der Waals surface area contributed by atoms with Gasteiger partial charge in [0.05, 0.1) is 6.61 Å². The van der Waals surface area contributed by atoms with Crippen molar-refractivity contribution in [3.8, 4) is 5.75 Å². The summed E-state index contributed by atoms with van der Waals surface area (Å²) < 4.78 is 10.5. The van der Waals surface area contributed by atoms with Crippen molar-refractivity contribution >= 4 is 5.96 Å². The molecular weight excluding hydrogens is 290 g/mol. The lowest BCUT2D eigenvalue weighted by Crippen LogP contribution is -2.43. The molecule has 0 radical (unpaired) electrons. The van der Waals surface area contributed by atoms with Crippen LogP contribution in [0.5, 0.6) is 5.75 Å². The number of hydrogen-bond donors (Lipinski definition) is 2. The van der Waals surface area contributed by atoms with Crippen LogP contribution in [0, 0.1) is 0 Å². The van der Waals surface area contributed by atoms with E-state index in [9.17, 15) is 0 Å². The minimum atomic E-state index is 0.562. The number of nitrogens with zero attached hydrogens (tertiary/aromatic N) is 1. The van der Waals surface area contributed by atoms with E-state index in [1.807, 2.05) is 19.2 Å². The molecule has 0 aliphatic heterocycles. The average molecular weight is 319 g/mol. The highest BCUT2D eigenvalue weighted by atomic mass is 16.5. The van der Waals surface area contributed by atoms with Crippen molar-refractivity contribution in [2.45, 2.75) is 44.7 Å². The second-order valence-corrected chi connectivity index (χ2v) is 5.89. The van der Waals surface area contributed by atoms with E-state index < -0.39 is 0 Å². The molecule has 0 aromatic heterocycles. The molecule has 1 aromatic carbocycles. The van der Waals surface area contributed by atoms with Gasteiger partial charge in [-0.1, -0.05) is 31.4 Å². The van der Waals surface area contributed by atoms with E-state index >= 15 is 0 Å². The van der Waals surface area contributed by atoms with Gasteiger partial charge in [0.1, 0.15) is 12.4 Å². The first-order valence-corrected chi connectivity index (χ1v) is 8.49. The van der Waals surface area contributed by atoms with Crippen molar-refractivity contribution in [3.63, 3.8) is 0 Å². The molecule has 0 bridgehead atoms. The summed E-state index contributed by atoms with van der Waals surface area (Å²) >= 11 is 0. The van der Waals surface area contributed by atoms with Crippen molar-refractivity contribution in [2.24, 2.45) is 4.99 Å². The van der Waals surface area contributed by atoms with Crippen LogP contribution in [-0.2, 0) is 11.3 Å². The number of rotatable bonds is 7. The van der Waals surface area contributed by atoms with Crippen LogP contribution in [0.3, 0.4) is 0 Å². The molecule has 128 valence electrons. The Morgan fingerprint density at radius 1 is 1.13 bits per heavy atom. The van der Waals surface area contributed by atoms with Gasteiger partial charge in [-0.25, -0.2) is 0 Å². The molecule has 0 saturated heterocycles. The Hall–Kier alpha value is -1.75. The molecule has 1 aliphatic rings. The summed E-state index contributed by atoms with van der Waals surface area (Å²) in [6.45, 7) is 1.93. The van der Waals surface area contributed by atoms with E-state index in [-0.39, 0.29) is 0 Å². The summed E-state index contributed by atoms with van der Waals surface area (Å²) in [5.74, 6) is 1.76. The van der Waals surface area contributed by atoms with Crippen molar-refractivity contribution in [1.29, 1.82) is 0 Å². The summed E-state index contributed by atoms with van der Waals surface area (Å²) in [5.41, 5.74) is 1.20. The van der Waals surface area contributed by atoms with E-state index in [1.54, 1.807) is 7.11 Å². The predicted molar refractivity (Wildman–Crippen MR) is 94.0 cm³/mol. The monoisotopic (exact) mass is 319 g/mol. The van der Waals surface area contributed by atoms with E-state index in [1.165, 1.54) is 37.7 Å². The fourth-order valence-corrected chi connectivity index (χ4v) is 2.77. The van der Waals surface area contributed by atoms with Gasteiger partial charge in [0.2, 0.25) is 0 Å². The standard InChI is InChI=1S/C18H29N3O2/c1-19-18(21-16-6-4-3-5-7-16)20-14-15-8-10-17(11-9-15)23-13-12-22-2/h8-11,16H,3-7,12-14H2,1-2H3,(H2,19,20,21). The molecule has 5 nitrogen and oxygen atoms in total. The van der Waals surface area contributed by atoms with Gasteiger partial charge in [0, 0.05) is 26.7 Å². The number of guanidine groups is 1. The van der Waals surface area contributed by atoms with Crippen LogP contribution in [0.2, 0.25) is 0 Å². The minimum Gasteiger partial charge on any atom is -0.491 e. The molecule has 1 fully saturated rings. The Morgan fingerprint density at radius 2 is 1.87 bits per heavy atom. The normalized spacial score (nSPS) is 16.2. The maximum absolute atomic E-state index is 5.57. The highest BCUT2D eigenvalue weighted by Crippen LogP contribution is 2.17. The quantitative estimate of drug-likeness (QED) is 0.461. The zero-order chi connectivity index (χ0) is 16.3. The lowest BCUT2D eigenvalue weighted by Gasteiger charge is -2.24. The number of hydrogen-bond acceptors (Lipinski definition) is 3. The van der Waals surface area contributed by atoms with Gasteiger partial charge in [0.25, 0.3) is 0 Å². The summed E-state index contributed by atoms with van der Waals surface area (Å²) in [6, 6.07) is 8.69. The van der Waals surface area contributed by atoms with Crippen LogP contribution >= 0.6 is 0 Å². The summed E-state index contributed by atoms with van der Waals surface area (Å²) in [7, 11) is 3.50. The van der Waals surface area contributed by atoms with E-state index in [0.29, 0.717) is 19.3 Å². The third kappa shape index (κ3) is 6.48. The molecule has 5 heteroatoms. The first-order valence-electron chi connectivity index (χ1n) is 8.49. The molecule has 1 saturated carbocycles. The largest absolute Gasteiger partial charge is 0.491 e. The van der Waals surface area contributed by atoms with Gasteiger partial charge >= 0.3 is 0 Å². The van der Waals surface area contributed by atoms with Gasteiger partial charge in [-0.05, 0) is 30.5 Å². The van der Waals surface area contributed by atoms with Crippen molar-refractivity contribution in [3.05, 3.63) is 29.8 Å². The molecule has 0 heterocycles. The van der Waals surface area contributed by atoms with Crippen LogP contribution < -0.4 is 15.4 Å². The number of ether oxygens (including phenoxy) is 2. The second-order valence-electron chi connectivity index (χ2n) is 5.89. The first kappa shape index (κ1) is 17.6. The third-order valence-corrected chi connectivity index (χ3v) is 4.11. The van der Waals surface area contributed by atoms with Crippen LogP contribution in [0.4, 0.5) is 0 Å². The molecule has 2 rings (SSSR count). The Balaban J connectivity index is 1.74. The van der Waals surface area contributed by atoms with Gasteiger partial charge < -0.3 is 20.1 Å². The number of benzene rings is 1. The summed E-state index contributed by atoms with van der Waals surface area (Å²) in [4.78, 5) is 4.32. The highest BCUT2D eigenvalue weighted by Gasteiger charge is 2.14. The molecule has 0 spiro atoms. The predicted octanol–water partition coefficient (Wildman–Crippen LogP) is 2.71. The first-order chi connectivity index (χ1) is 11.3. The maximum atomic E-state index is 5.57. The Kier molecular flexibility index (Phi) is 7.73. The molecule has 0 atom stereocenters. The molecule has 2 N–H and O–H groups in total. The smallest absolute Gasteiger partial charge is 0.191 e. The van der Waals surface area contributed by atoms with Crippen LogP contribution in [0.25, 0.3) is 0 Å². The number of methoxy groups -OCH3 is 1. The highest BCUT2D eigenvalue weighted by molar-refractivity contribution is 5.79. The Bertz CT molecular complexity index is 468. The van der Waals surface area contributed by atoms with E-state index in [2.05, 4.69) is 27.8 Å². The fourth-order valence-electron chi connectivity index (χ4n) is 2.77. The minimum absolute atomic E-state index is 0.562.